The van der Waals surface area contributed by atoms with Gasteiger partial charge >= 0.3 is 18.3 Å². The van der Waals surface area contributed by atoms with Gasteiger partial charge in [0.1, 0.15) is 5.69 Å². The molecule has 0 bridgehead atoms. The van der Waals surface area contributed by atoms with E-state index in [2.05, 4.69) is 43.6 Å². The van der Waals surface area contributed by atoms with E-state index in [4.69, 9.17) is 0 Å². The van der Waals surface area contributed by atoms with Crippen molar-refractivity contribution in [3.8, 4) is 0 Å². The molecule has 0 saturated carbocycles. The second-order valence-electron chi connectivity index (χ2n) is 10.4. The van der Waals surface area contributed by atoms with E-state index < -0.39 is 35.1 Å². The molecule has 0 spiro atoms. The Kier molecular flexibility index (Phi) is 7.60. The van der Waals surface area contributed by atoms with E-state index in [1.54, 1.807) is 6.07 Å². The Morgan fingerprint density at radius 3 is 2.36 bits per heavy atom. The fraction of sp³-hybridized carbons (Fsp3) is 0.357. The van der Waals surface area contributed by atoms with Gasteiger partial charge in [-0.25, -0.2) is 19.7 Å². The minimum Gasteiger partial charge on any atom is -0.477 e. The second kappa shape index (κ2) is 10.9. The van der Waals surface area contributed by atoms with Gasteiger partial charge in [0.05, 0.1) is 16.8 Å². The number of benzene rings is 1. The lowest BCUT2D eigenvalue weighted by Gasteiger charge is -2.43. The molecule has 3 aromatic rings. The fourth-order valence-corrected chi connectivity index (χ4v) is 5.43. The largest absolute Gasteiger partial charge is 0.477 e. The van der Waals surface area contributed by atoms with Crippen molar-refractivity contribution in [2.45, 2.75) is 57.3 Å². The molecule has 0 amide bonds. The number of pyridine rings is 1. The van der Waals surface area contributed by atoms with Crippen LogP contribution in [0.5, 0.6) is 0 Å². The molecular weight excluding hydrogens is 566 g/mol. The smallest absolute Gasteiger partial charge is 0.416 e. The summed E-state index contributed by atoms with van der Waals surface area (Å²) >= 11 is 0. The van der Waals surface area contributed by atoms with E-state index in [-0.39, 0.29) is 29.8 Å². The van der Waals surface area contributed by atoms with Crippen molar-refractivity contribution in [1.29, 1.82) is 0 Å². The number of alkyl halides is 6. The molecule has 2 aromatic heterocycles. The molecule has 0 aliphatic carbocycles. The molecule has 42 heavy (non-hydrogen) atoms. The van der Waals surface area contributed by atoms with Gasteiger partial charge in [-0.2, -0.15) is 26.3 Å². The van der Waals surface area contributed by atoms with E-state index in [1.165, 1.54) is 18.5 Å². The maximum absolute atomic E-state index is 13.2. The lowest BCUT2D eigenvalue weighted by atomic mass is 9.95. The second-order valence-corrected chi connectivity index (χ2v) is 10.4. The topological polar surface area (TPSA) is 94.5 Å². The van der Waals surface area contributed by atoms with E-state index in [1.807, 2.05) is 0 Å². The summed E-state index contributed by atoms with van der Waals surface area (Å²) in [6.45, 7) is 7.93. The van der Waals surface area contributed by atoms with Crippen LogP contribution in [0.2, 0.25) is 0 Å². The number of carboxylic acids is 1. The Labute approximate surface area is 236 Å². The van der Waals surface area contributed by atoms with Gasteiger partial charge in [-0.15, -0.1) is 0 Å². The number of aromatic nitrogens is 3. The van der Waals surface area contributed by atoms with Crippen molar-refractivity contribution in [3.05, 3.63) is 82.9 Å². The highest BCUT2D eigenvalue weighted by molar-refractivity contribution is 5.86. The van der Waals surface area contributed by atoms with Crippen molar-refractivity contribution in [1.82, 2.24) is 24.8 Å². The normalized spacial score (nSPS) is 19.5. The number of fused-ring (bicyclic) bond motifs is 1. The predicted molar refractivity (Wildman–Crippen MR) is 140 cm³/mol. The summed E-state index contributed by atoms with van der Waals surface area (Å²) in [5.74, 6) is -1.21. The Balaban J connectivity index is 1.26. The molecule has 1 fully saturated rings. The third kappa shape index (κ3) is 6.17. The quantitative estimate of drug-likeness (QED) is 0.328. The van der Waals surface area contributed by atoms with Crippen LogP contribution in [-0.4, -0.2) is 54.5 Å². The molecule has 5 rings (SSSR count). The lowest BCUT2D eigenvalue weighted by molar-refractivity contribution is -0.143. The van der Waals surface area contributed by atoms with Crippen LogP contribution in [0.3, 0.4) is 0 Å². The number of likely N-dealkylation sites (tertiary alicyclic amines) is 1. The summed E-state index contributed by atoms with van der Waals surface area (Å²) in [6.07, 6.45) is -5.38. The van der Waals surface area contributed by atoms with Crippen molar-refractivity contribution >= 4 is 23.3 Å². The van der Waals surface area contributed by atoms with Gasteiger partial charge in [0.25, 0.3) is 0 Å². The van der Waals surface area contributed by atoms with Crippen LogP contribution in [0, 0.1) is 0 Å². The van der Waals surface area contributed by atoms with E-state index in [9.17, 15) is 36.2 Å². The Bertz CT molecular complexity index is 1490. The van der Waals surface area contributed by atoms with Gasteiger partial charge < -0.3 is 15.3 Å². The van der Waals surface area contributed by atoms with Gasteiger partial charge in [-0.05, 0) is 50.1 Å². The number of anilines is 2. The maximum Gasteiger partial charge on any atom is 0.416 e. The third-order valence-corrected chi connectivity index (χ3v) is 7.55. The summed E-state index contributed by atoms with van der Waals surface area (Å²) in [6, 6.07) is 4.74. The Morgan fingerprint density at radius 1 is 1.05 bits per heavy atom. The molecule has 2 aliphatic heterocycles. The molecule has 1 aromatic carbocycles. The number of nitrogens with zero attached hydrogens (tertiary/aromatic N) is 5. The molecule has 0 radical (unpaired) electrons. The number of piperidine rings is 1. The van der Waals surface area contributed by atoms with Crippen LogP contribution < -0.4 is 5.32 Å². The Morgan fingerprint density at radius 2 is 1.74 bits per heavy atom. The van der Waals surface area contributed by atoms with Gasteiger partial charge in [0, 0.05) is 66.6 Å². The number of carboxylic acid groups (broad SMARTS) is 1. The Hall–Kier alpha value is -4.20. The number of hydrogen-bond acceptors (Lipinski definition) is 7. The standard InChI is InChI=1S/C28H26F6N6O2/c1-15-7-22(4-6-40(15)16(2)17-3-5-35-23(8-17)25(41)42)39-13-18-12-36-26(38-24(18)14-39)37-21-10-19(27(29,30)31)9-20(11-21)28(32,33)34/h3,5,8-12,15,22H,2,4,6-7,13-14H2,1H3,(H,41,42)(H,36,37,38)/t15-,22-/m1/s1. The molecule has 4 heterocycles. The van der Waals surface area contributed by atoms with Crippen LogP contribution in [0.1, 0.15) is 58.2 Å². The number of nitrogens with one attached hydrogen (secondary N) is 1. The van der Waals surface area contributed by atoms with E-state index in [0.29, 0.717) is 48.7 Å². The molecular formula is C28H26F6N6O2. The summed E-state index contributed by atoms with van der Waals surface area (Å²) in [5.41, 5.74) is -0.470. The molecule has 8 nitrogen and oxygen atoms in total. The first-order valence-corrected chi connectivity index (χ1v) is 13.0. The minimum atomic E-state index is -4.96. The zero-order valence-corrected chi connectivity index (χ0v) is 22.3. The molecule has 2 atom stereocenters. The zero-order valence-electron chi connectivity index (χ0n) is 22.3. The summed E-state index contributed by atoms with van der Waals surface area (Å²) < 4.78 is 79.4. The van der Waals surface area contributed by atoms with Crippen LogP contribution in [0.25, 0.3) is 5.70 Å². The van der Waals surface area contributed by atoms with Crippen LogP contribution in [0.15, 0.2) is 49.3 Å². The number of hydrogen-bond donors (Lipinski definition) is 2. The van der Waals surface area contributed by atoms with Gasteiger partial charge in [-0.1, -0.05) is 6.58 Å². The van der Waals surface area contributed by atoms with Gasteiger partial charge in [0.15, 0.2) is 0 Å². The highest BCUT2D eigenvalue weighted by Gasteiger charge is 2.37. The van der Waals surface area contributed by atoms with E-state index in [0.717, 1.165) is 18.4 Å². The summed E-state index contributed by atoms with van der Waals surface area (Å²) in [4.78, 5) is 28.0. The number of carbonyl (C=O) groups is 1. The van der Waals surface area contributed by atoms with Crippen molar-refractivity contribution in [3.63, 3.8) is 0 Å². The molecule has 14 heteroatoms. The van der Waals surface area contributed by atoms with Crippen molar-refractivity contribution in [2.24, 2.45) is 0 Å². The zero-order chi connectivity index (χ0) is 30.4. The summed E-state index contributed by atoms with van der Waals surface area (Å²) in [7, 11) is 0. The molecule has 0 unspecified atom stereocenters. The highest BCUT2D eigenvalue weighted by atomic mass is 19.4. The highest BCUT2D eigenvalue weighted by Crippen LogP contribution is 2.38. The van der Waals surface area contributed by atoms with Crippen molar-refractivity contribution in [2.75, 3.05) is 11.9 Å². The van der Waals surface area contributed by atoms with Crippen LogP contribution in [-0.2, 0) is 25.4 Å². The first-order chi connectivity index (χ1) is 19.7. The minimum absolute atomic E-state index is 0.0603. The van der Waals surface area contributed by atoms with Gasteiger partial charge in [0.2, 0.25) is 5.95 Å². The number of halogens is 6. The predicted octanol–water partition coefficient (Wildman–Crippen LogP) is 6.19. The molecule has 1 saturated heterocycles. The first-order valence-electron chi connectivity index (χ1n) is 13.0. The first kappa shape index (κ1) is 29.3. The SMILES string of the molecule is C=C(c1ccnc(C(=O)O)c1)N1CC[C@@H](N2Cc3cnc(Nc4cc(C(F)(F)F)cc(C(F)(F)F)c4)nc3C2)C[C@H]1C. The maximum atomic E-state index is 13.2. The average Bonchev–Trinajstić information content (AvgIpc) is 3.35. The van der Waals surface area contributed by atoms with E-state index >= 15 is 0 Å². The average molecular weight is 593 g/mol. The van der Waals surface area contributed by atoms with Crippen LogP contribution >= 0.6 is 0 Å². The lowest BCUT2D eigenvalue weighted by Crippen LogP contribution is -2.46. The third-order valence-electron chi connectivity index (χ3n) is 7.55. The van der Waals surface area contributed by atoms with Gasteiger partial charge in [-0.3, -0.25) is 4.90 Å². The number of rotatable bonds is 6. The molecule has 2 N–H and O–H groups in total. The fourth-order valence-electron chi connectivity index (χ4n) is 5.43. The van der Waals surface area contributed by atoms with Crippen molar-refractivity contribution < 1.29 is 36.2 Å². The molecule has 222 valence electrons. The monoisotopic (exact) mass is 592 g/mol. The number of aromatic carboxylic acids is 1. The van der Waals surface area contributed by atoms with Crippen LogP contribution in [0.4, 0.5) is 38.0 Å². The summed E-state index contributed by atoms with van der Waals surface area (Å²) in [5, 5.41) is 11.8. The molecule has 2 aliphatic rings.